The van der Waals surface area contributed by atoms with Gasteiger partial charge in [-0.25, -0.2) is 8.42 Å². The van der Waals surface area contributed by atoms with E-state index in [-0.39, 0.29) is 23.5 Å². The number of ether oxygens (including phenoxy) is 1. The van der Waals surface area contributed by atoms with Crippen molar-refractivity contribution >= 4 is 21.8 Å². The minimum Gasteiger partial charge on any atom is -0.497 e. The predicted octanol–water partition coefficient (Wildman–Crippen LogP) is 2.92. The molecule has 0 bridgehead atoms. The SMILES string of the molecule is COc1cccc(CN(C(=O)/C=C/c2ccccc2)[C@H]2CCS(=O)(=O)C2)c1. The lowest BCUT2D eigenvalue weighted by Gasteiger charge is -2.27. The number of hydrogen-bond acceptors (Lipinski definition) is 4. The molecule has 1 fully saturated rings. The van der Waals surface area contributed by atoms with Gasteiger partial charge in [-0.15, -0.1) is 0 Å². The summed E-state index contributed by atoms with van der Waals surface area (Å²) >= 11 is 0. The monoisotopic (exact) mass is 385 g/mol. The first-order valence-corrected chi connectivity index (χ1v) is 10.7. The van der Waals surface area contributed by atoms with Crippen LogP contribution in [-0.2, 0) is 21.2 Å². The molecule has 0 spiro atoms. The topological polar surface area (TPSA) is 63.7 Å². The Morgan fingerprint density at radius 1 is 1.19 bits per heavy atom. The summed E-state index contributed by atoms with van der Waals surface area (Å²) in [5.41, 5.74) is 1.83. The maximum absolute atomic E-state index is 12.9. The van der Waals surface area contributed by atoms with Crippen molar-refractivity contribution in [2.45, 2.75) is 19.0 Å². The molecule has 5 nitrogen and oxygen atoms in total. The number of nitrogens with zero attached hydrogens (tertiary/aromatic N) is 1. The molecule has 27 heavy (non-hydrogen) atoms. The van der Waals surface area contributed by atoms with Gasteiger partial charge in [-0.3, -0.25) is 4.79 Å². The molecule has 0 aliphatic carbocycles. The molecular weight excluding hydrogens is 362 g/mol. The van der Waals surface area contributed by atoms with Crippen LogP contribution in [0, 0.1) is 0 Å². The Morgan fingerprint density at radius 3 is 2.63 bits per heavy atom. The number of rotatable bonds is 6. The van der Waals surface area contributed by atoms with Crippen LogP contribution in [0.3, 0.4) is 0 Å². The van der Waals surface area contributed by atoms with Gasteiger partial charge in [-0.1, -0.05) is 42.5 Å². The Kier molecular flexibility index (Phi) is 5.96. The highest BCUT2D eigenvalue weighted by Crippen LogP contribution is 2.22. The largest absolute Gasteiger partial charge is 0.497 e. The maximum Gasteiger partial charge on any atom is 0.247 e. The van der Waals surface area contributed by atoms with Crippen molar-refractivity contribution in [2.24, 2.45) is 0 Å². The molecule has 3 rings (SSSR count). The van der Waals surface area contributed by atoms with E-state index in [2.05, 4.69) is 0 Å². The van der Waals surface area contributed by atoms with Gasteiger partial charge in [0.05, 0.1) is 18.6 Å². The van der Waals surface area contributed by atoms with Crippen molar-refractivity contribution in [3.63, 3.8) is 0 Å². The van der Waals surface area contributed by atoms with Crippen LogP contribution in [0.4, 0.5) is 0 Å². The summed E-state index contributed by atoms with van der Waals surface area (Å²) in [5, 5.41) is 0. The summed E-state index contributed by atoms with van der Waals surface area (Å²) in [5.74, 6) is 0.659. The van der Waals surface area contributed by atoms with Crippen LogP contribution >= 0.6 is 0 Å². The average Bonchev–Trinajstić information content (AvgIpc) is 3.04. The van der Waals surface area contributed by atoms with Gasteiger partial charge >= 0.3 is 0 Å². The first kappa shape index (κ1) is 19.2. The molecule has 1 amide bonds. The van der Waals surface area contributed by atoms with Crippen LogP contribution in [0.1, 0.15) is 17.5 Å². The van der Waals surface area contributed by atoms with Gasteiger partial charge in [-0.2, -0.15) is 0 Å². The molecule has 6 heteroatoms. The molecule has 1 saturated heterocycles. The fraction of sp³-hybridized carbons (Fsp3) is 0.286. The molecule has 142 valence electrons. The Bertz CT molecular complexity index is 922. The molecule has 2 aromatic rings. The standard InChI is InChI=1S/C21H23NO4S/c1-26-20-9-5-8-18(14-20)15-22(19-12-13-27(24,25)16-19)21(23)11-10-17-6-3-2-4-7-17/h2-11,14,19H,12-13,15-16H2,1H3/b11-10+/t19-/m0/s1. The van der Waals surface area contributed by atoms with E-state index in [4.69, 9.17) is 4.74 Å². The van der Waals surface area contributed by atoms with Crippen LogP contribution in [0.2, 0.25) is 0 Å². The van der Waals surface area contributed by atoms with Crippen LogP contribution < -0.4 is 4.74 Å². The molecule has 0 N–H and O–H groups in total. The molecule has 1 heterocycles. The first-order chi connectivity index (χ1) is 13.0. The van der Waals surface area contributed by atoms with Crippen molar-refractivity contribution in [1.82, 2.24) is 4.90 Å². The minimum atomic E-state index is -3.09. The molecule has 1 aliphatic rings. The summed E-state index contributed by atoms with van der Waals surface area (Å²) in [6.07, 6.45) is 3.74. The van der Waals surface area contributed by atoms with E-state index < -0.39 is 9.84 Å². The third-order valence-corrected chi connectivity index (χ3v) is 6.39. The smallest absolute Gasteiger partial charge is 0.247 e. The second-order valence-corrected chi connectivity index (χ2v) is 8.85. The lowest BCUT2D eigenvalue weighted by molar-refractivity contribution is -0.128. The second kappa shape index (κ2) is 8.39. The predicted molar refractivity (Wildman–Crippen MR) is 106 cm³/mol. The third-order valence-electron chi connectivity index (χ3n) is 4.64. The number of benzene rings is 2. The van der Waals surface area contributed by atoms with Gasteiger partial charge in [0.1, 0.15) is 5.75 Å². The van der Waals surface area contributed by atoms with Gasteiger partial charge in [0.2, 0.25) is 5.91 Å². The molecule has 1 aliphatic heterocycles. The van der Waals surface area contributed by atoms with E-state index in [1.54, 1.807) is 18.1 Å². The summed E-state index contributed by atoms with van der Waals surface area (Å²) in [4.78, 5) is 14.5. The Labute approximate surface area is 160 Å². The van der Waals surface area contributed by atoms with Crippen molar-refractivity contribution in [2.75, 3.05) is 18.6 Å². The van der Waals surface area contributed by atoms with Gasteiger partial charge in [0.25, 0.3) is 0 Å². The zero-order valence-electron chi connectivity index (χ0n) is 15.2. The lowest BCUT2D eigenvalue weighted by Crippen LogP contribution is -2.39. The molecule has 0 aromatic heterocycles. The highest BCUT2D eigenvalue weighted by atomic mass is 32.2. The maximum atomic E-state index is 12.9. The normalized spacial score (nSPS) is 18.5. The molecule has 0 saturated carbocycles. The molecule has 0 radical (unpaired) electrons. The summed E-state index contributed by atoms with van der Waals surface area (Å²) in [6, 6.07) is 16.7. The van der Waals surface area contributed by atoms with Crippen molar-refractivity contribution < 1.29 is 17.9 Å². The number of methoxy groups -OCH3 is 1. The number of hydrogen-bond donors (Lipinski definition) is 0. The van der Waals surface area contributed by atoms with Crippen LogP contribution in [0.25, 0.3) is 6.08 Å². The molecular formula is C21H23NO4S. The van der Waals surface area contributed by atoms with Crippen LogP contribution in [-0.4, -0.2) is 43.9 Å². The van der Waals surface area contributed by atoms with Gasteiger partial charge in [0, 0.05) is 18.7 Å². The Hall–Kier alpha value is -2.60. The van der Waals surface area contributed by atoms with E-state index in [9.17, 15) is 13.2 Å². The average molecular weight is 385 g/mol. The van der Waals surface area contributed by atoms with E-state index >= 15 is 0 Å². The summed E-state index contributed by atoms with van der Waals surface area (Å²) < 4.78 is 29.1. The Morgan fingerprint density at radius 2 is 1.96 bits per heavy atom. The lowest BCUT2D eigenvalue weighted by atomic mass is 10.1. The van der Waals surface area contributed by atoms with Crippen LogP contribution in [0.5, 0.6) is 5.75 Å². The molecule has 0 unspecified atom stereocenters. The van der Waals surface area contributed by atoms with Crippen molar-refractivity contribution in [1.29, 1.82) is 0 Å². The fourth-order valence-corrected chi connectivity index (χ4v) is 4.93. The first-order valence-electron chi connectivity index (χ1n) is 8.84. The number of carbonyl (C=O) groups excluding carboxylic acids is 1. The van der Waals surface area contributed by atoms with E-state index in [1.165, 1.54) is 6.08 Å². The zero-order chi connectivity index (χ0) is 19.3. The third kappa shape index (κ3) is 5.20. The highest BCUT2D eigenvalue weighted by molar-refractivity contribution is 7.91. The number of carbonyl (C=O) groups is 1. The van der Waals surface area contributed by atoms with Crippen molar-refractivity contribution in [3.8, 4) is 5.75 Å². The quantitative estimate of drug-likeness (QED) is 0.717. The van der Waals surface area contributed by atoms with E-state index in [0.29, 0.717) is 18.7 Å². The summed E-state index contributed by atoms with van der Waals surface area (Å²) in [7, 11) is -1.50. The van der Waals surface area contributed by atoms with Gasteiger partial charge in [0.15, 0.2) is 9.84 Å². The number of sulfone groups is 1. The summed E-state index contributed by atoms with van der Waals surface area (Å²) in [6.45, 7) is 0.343. The highest BCUT2D eigenvalue weighted by Gasteiger charge is 2.34. The van der Waals surface area contributed by atoms with E-state index in [1.807, 2.05) is 54.6 Å². The van der Waals surface area contributed by atoms with Crippen molar-refractivity contribution in [3.05, 3.63) is 71.8 Å². The number of amides is 1. The minimum absolute atomic E-state index is 0.0158. The zero-order valence-corrected chi connectivity index (χ0v) is 16.1. The van der Waals surface area contributed by atoms with Gasteiger partial charge < -0.3 is 9.64 Å². The second-order valence-electron chi connectivity index (χ2n) is 6.62. The molecule has 1 atom stereocenters. The van der Waals surface area contributed by atoms with Crippen LogP contribution in [0.15, 0.2) is 60.7 Å². The molecule has 2 aromatic carbocycles. The fourth-order valence-electron chi connectivity index (χ4n) is 3.20. The van der Waals surface area contributed by atoms with Gasteiger partial charge in [-0.05, 0) is 35.8 Å². The Balaban J connectivity index is 1.82. The van der Waals surface area contributed by atoms with E-state index in [0.717, 1.165) is 11.1 Å².